The van der Waals surface area contributed by atoms with E-state index in [9.17, 15) is 0 Å². The minimum atomic E-state index is 0.429. The fourth-order valence-corrected chi connectivity index (χ4v) is 2.38. The van der Waals surface area contributed by atoms with Crippen molar-refractivity contribution >= 4 is 5.82 Å². The molecule has 0 bridgehead atoms. The Bertz CT molecular complexity index is 340. The van der Waals surface area contributed by atoms with Gasteiger partial charge in [-0.1, -0.05) is 12.8 Å². The molecule has 1 aliphatic heterocycles. The standard InChI is InChI=1S/C12H20N4/c1-10-12(15-7-6-14-10)16-8-4-2-3-5-11(16)9-13/h6-7,11H,2-5,8-9,13H2,1H3. The van der Waals surface area contributed by atoms with Crippen LogP contribution in [0.15, 0.2) is 12.4 Å². The smallest absolute Gasteiger partial charge is 0.150 e. The first-order valence-electron chi connectivity index (χ1n) is 6.07. The van der Waals surface area contributed by atoms with Crippen molar-refractivity contribution in [3.63, 3.8) is 0 Å². The highest BCUT2D eigenvalue weighted by atomic mass is 15.2. The van der Waals surface area contributed by atoms with E-state index in [0.717, 1.165) is 18.1 Å². The number of rotatable bonds is 2. The lowest BCUT2D eigenvalue weighted by molar-refractivity contribution is 0.574. The van der Waals surface area contributed by atoms with Crippen molar-refractivity contribution in [1.82, 2.24) is 9.97 Å². The Labute approximate surface area is 96.9 Å². The summed E-state index contributed by atoms with van der Waals surface area (Å²) in [6, 6.07) is 0.429. The topological polar surface area (TPSA) is 55.0 Å². The molecule has 16 heavy (non-hydrogen) atoms. The van der Waals surface area contributed by atoms with Gasteiger partial charge in [0.2, 0.25) is 0 Å². The highest BCUT2D eigenvalue weighted by Gasteiger charge is 2.22. The van der Waals surface area contributed by atoms with Crippen molar-refractivity contribution < 1.29 is 0 Å². The normalized spacial score (nSPS) is 21.9. The third-order valence-electron chi connectivity index (χ3n) is 3.28. The third-order valence-corrected chi connectivity index (χ3v) is 3.28. The lowest BCUT2D eigenvalue weighted by atomic mass is 10.1. The minimum absolute atomic E-state index is 0.429. The van der Waals surface area contributed by atoms with Crippen LogP contribution >= 0.6 is 0 Å². The zero-order valence-corrected chi connectivity index (χ0v) is 9.89. The Hall–Kier alpha value is -1.16. The molecule has 4 nitrogen and oxygen atoms in total. The van der Waals surface area contributed by atoms with Crippen LogP contribution in [0.2, 0.25) is 0 Å². The number of nitrogens with zero attached hydrogens (tertiary/aromatic N) is 3. The van der Waals surface area contributed by atoms with Crippen LogP contribution < -0.4 is 10.6 Å². The molecule has 0 amide bonds. The number of nitrogens with two attached hydrogens (primary N) is 1. The molecule has 0 saturated carbocycles. The summed E-state index contributed by atoms with van der Waals surface area (Å²) >= 11 is 0. The summed E-state index contributed by atoms with van der Waals surface area (Å²) < 4.78 is 0. The molecule has 2 N–H and O–H groups in total. The minimum Gasteiger partial charge on any atom is -0.351 e. The van der Waals surface area contributed by atoms with Crippen molar-refractivity contribution in [1.29, 1.82) is 0 Å². The number of anilines is 1. The lowest BCUT2D eigenvalue weighted by Crippen LogP contribution is -2.41. The molecule has 1 saturated heterocycles. The summed E-state index contributed by atoms with van der Waals surface area (Å²) in [5.41, 5.74) is 6.86. The van der Waals surface area contributed by atoms with Gasteiger partial charge in [-0.05, 0) is 19.8 Å². The van der Waals surface area contributed by atoms with Gasteiger partial charge in [0.15, 0.2) is 0 Å². The Morgan fingerprint density at radius 3 is 2.88 bits per heavy atom. The second-order valence-corrected chi connectivity index (χ2v) is 4.40. The first-order valence-corrected chi connectivity index (χ1v) is 6.07. The van der Waals surface area contributed by atoms with Crippen LogP contribution in [-0.4, -0.2) is 29.1 Å². The summed E-state index contributed by atoms with van der Waals surface area (Å²) in [4.78, 5) is 11.1. The van der Waals surface area contributed by atoms with Crippen LogP contribution in [0.5, 0.6) is 0 Å². The average molecular weight is 220 g/mol. The first-order chi connectivity index (χ1) is 7.83. The summed E-state index contributed by atoms with van der Waals surface area (Å²) in [7, 11) is 0. The molecule has 4 heteroatoms. The van der Waals surface area contributed by atoms with Gasteiger partial charge in [0.1, 0.15) is 5.82 Å². The largest absolute Gasteiger partial charge is 0.351 e. The maximum absolute atomic E-state index is 5.86. The van der Waals surface area contributed by atoms with Crippen LogP contribution in [-0.2, 0) is 0 Å². The van der Waals surface area contributed by atoms with E-state index in [2.05, 4.69) is 14.9 Å². The predicted molar refractivity (Wildman–Crippen MR) is 65.4 cm³/mol. The molecule has 1 fully saturated rings. The summed E-state index contributed by atoms with van der Waals surface area (Å²) in [6.45, 7) is 3.78. The second kappa shape index (κ2) is 5.25. The van der Waals surface area contributed by atoms with E-state index in [1.54, 1.807) is 12.4 Å². The molecule has 0 aromatic carbocycles. The maximum Gasteiger partial charge on any atom is 0.150 e. The number of aryl methyl sites for hydroxylation is 1. The Morgan fingerprint density at radius 1 is 1.31 bits per heavy atom. The zero-order chi connectivity index (χ0) is 11.4. The van der Waals surface area contributed by atoms with Crippen LogP contribution in [0.25, 0.3) is 0 Å². The number of hydrogen-bond acceptors (Lipinski definition) is 4. The van der Waals surface area contributed by atoms with E-state index in [4.69, 9.17) is 5.73 Å². The van der Waals surface area contributed by atoms with Crippen molar-refractivity contribution in [3.8, 4) is 0 Å². The van der Waals surface area contributed by atoms with E-state index in [1.807, 2.05) is 6.92 Å². The molecular formula is C12H20N4. The van der Waals surface area contributed by atoms with Gasteiger partial charge in [-0.2, -0.15) is 0 Å². The molecule has 1 atom stereocenters. The first kappa shape index (κ1) is 11.3. The van der Waals surface area contributed by atoms with Crippen molar-refractivity contribution in [2.45, 2.75) is 38.6 Å². The molecular weight excluding hydrogens is 200 g/mol. The van der Waals surface area contributed by atoms with Crippen molar-refractivity contribution in [2.75, 3.05) is 18.0 Å². The fourth-order valence-electron chi connectivity index (χ4n) is 2.38. The highest BCUT2D eigenvalue weighted by molar-refractivity contribution is 5.43. The second-order valence-electron chi connectivity index (χ2n) is 4.40. The molecule has 2 rings (SSSR count). The van der Waals surface area contributed by atoms with Gasteiger partial charge in [0.05, 0.1) is 5.69 Å². The highest BCUT2D eigenvalue weighted by Crippen LogP contribution is 2.23. The van der Waals surface area contributed by atoms with Crippen LogP contribution in [0.4, 0.5) is 5.82 Å². The third kappa shape index (κ3) is 2.32. The fraction of sp³-hybridized carbons (Fsp3) is 0.667. The van der Waals surface area contributed by atoms with Gasteiger partial charge in [-0.15, -0.1) is 0 Å². The lowest BCUT2D eigenvalue weighted by Gasteiger charge is -2.30. The number of aromatic nitrogens is 2. The van der Waals surface area contributed by atoms with Gasteiger partial charge < -0.3 is 10.6 Å². The summed E-state index contributed by atoms with van der Waals surface area (Å²) in [5, 5.41) is 0. The quantitative estimate of drug-likeness (QED) is 0.820. The summed E-state index contributed by atoms with van der Waals surface area (Å²) in [5.74, 6) is 1.01. The van der Waals surface area contributed by atoms with E-state index >= 15 is 0 Å². The van der Waals surface area contributed by atoms with Gasteiger partial charge in [0.25, 0.3) is 0 Å². The monoisotopic (exact) mass is 220 g/mol. The molecule has 0 spiro atoms. The van der Waals surface area contributed by atoms with Crippen LogP contribution in [0.1, 0.15) is 31.4 Å². The Morgan fingerprint density at radius 2 is 2.12 bits per heavy atom. The summed E-state index contributed by atoms with van der Waals surface area (Å²) in [6.07, 6.45) is 8.48. The molecule has 1 aliphatic rings. The van der Waals surface area contributed by atoms with E-state index < -0.39 is 0 Å². The maximum atomic E-state index is 5.86. The van der Waals surface area contributed by atoms with Gasteiger partial charge in [0, 0.05) is 31.5 Å². The molecule has 1 aromatic heterocycles. The molecule has 88 valence electrons. The molecule has 0 radical (unpaired) electrons. The van der Waals surface area contributed by atoms with E-state index in [-0.39, 0.29) is 0 Å². The van der Waals surface area contributed by atoms with Crippen LogP contribution in [0.3, 0.4) is 0 Å². The number of hydrogen-bond donors (Lipinski definition) is 1. The van der Waals surface area contributed by atoms with Crippen molar-refractivity contribution in [2.24, 2.45) is 5.73 Å². The zero-order valence-electron chi connectivity index (χ0n) is 9.89. The van der Waals surface area contributed by atoms with Gasteiger partial charge in [-0.25, -0.2) is 4.98 Å². The van der Waals surface area contributed by atoms with Gasteiger partial charge in [-0.3, -0.25) is 4.98 Å². The Balaban J connectivity index is 2.25. The van der Waals surface area contributed by atoms with Crippen molar-refractivity contribution in [3.05, 3.63) is 18.1 Å². The van der Waals surface area contributed by atoms with E-state index in [1.165, 1.54) is 25.7 Å². The van der Waals surface area contributed by atoms with E-state index in [0.29, 0.717) is 12.6 Å². The van der Waals surface area contributed by atoms with Gasteiger partial charge >= 0.3 is 0 Å². The van der Waals surface area contributed by atoms with Crippen LogP contribution in [0, 0.1) is 6.92 Å². The molecule has 0 aliphatic carbocycles. The molecule has 1 aromatic rings. The average Bonchev–Trinajstić information content (AvgIpc) is 2.54. The molecule has 1 unspecified atom stereocenters. The molecule has 2 heterocycles. The Kier molecular flexibility index (Phi) is 3.72. The predicted octanol–water partition coefficient (Wildman–Crippen LogP) is 1.49. The SMILES string of the molecule is Cc1nccnc1N1CCCCCC1CN.